The zero-order valence-electron chi connectivity index (χ0n) is 16.1. The molecule has 3 aromatic rings. The van der Waals surface area contributed by atoms with Crippen molar-refractivity contribution in [1.29, 1.82) is 0 Å². The predicted octanol–water partition coefficient (Wildman–Crippen LogP) is 4.01. The molecule has 148 valence electrons. The highest BCUT2D eigenvalue weighted by atomic mass is 35.5. The first kappa shape index (κ1) is 19.4. The molecule has 0 radical (unpaired) electrons. The van der Waals surface area contributed by atoms with Crippen LogP contribution < -0.4 is 15.0 Å². The average molecular weight is 408 g/mol. The highest BCUT2D eigenvalue weighted by Crippen LogP contribution is 2.31. The zero-order valence-corrected chi connectivity index (χ0v) is 16.9. The molecule has 4 rings (SSSR count). The van der Waals surface area contributed by atoms with E-state index in [0.717, 1.165) is 28.1 Å². The van der Waals surface area contributed by atoms with Crippen molar-refractivity contribution < 1.29 is 9.53 Å². The second-order valence-electron chi connectivity index (χ2n) is 6.93. The molecule has 5 nitrogen and oxygen atoms in total. The lowest BCUT2D eigenvalue weighted by atomic mass is 9.95. The Balaban J connectivity index is 1.62. The Labute approximate surface area is 175 Å². The van der Waals surface area contributed by atoms with Crippen molar-refractivity contribution in [3.05, 3.63) is 88.7 Å². The van der Waals surface area contributed by atoms with Crippen LogP contribution in [0.25, 0.3) is 0 Å². The van der Waals surface area contributed by atoms with Crippen LogP contribution in [0.15, 0.2) is 67.0 Å². The quantitative estimate of drug-likeness (QED) is 0.694. The summed E-state index contributed by atoms with van der Waals surface area (Å²) in [5, 5.41) is 3.95. The minimum Gasteiger partial charge on any atom is -0.497 e. The van der Waals surface area contributed by atoms with E-state index in [-0.39, 0.29) is 5.91 Å². The standard InChI is InChI=1S/C23H22ClN3O2/c1-29-18-8-6-16(7-9-18)14-17-15-25-11-10-19(17)22-23(28)27(13-12-26-22)21-5-3-2-4-20(21)24/h2-11,15,22,26H,12-14H2,1H3. The molecular formula is C23H22ClN3O2. The monoisotopic (exact) mass is 407 g/mol. The number of benzene rings is 2. The summed E-state index contributed by atoms with van der Waals surface area (Å²) in [5.74, 6) is 0.811. The summed E-state index contributed by atoms with van der Waals surface area (Å²) < 4.78 is 5.23. The molecule has 29 heavy (non-hydrogen) atoms. The maximum Gasteiger partial charge on any atom is 0.248 e. The number of rotatable bonds is 5. The third kappa shape index (κ3) is 4.11. The Morgan fingerprint density at radius 1 is 1.17 bits per heavy atom. The van der Waals surface area contributed by atoms with Crippen LogP contribution in [0.2, 0.25) is 5.02 Å². The van der Waals surface area contributed by atoms with E-state index in [1.165, 1.54) is 0 Å². The molecule has 1 fully saturated rings. The Bertz CT molecular complexity index is 1010. The Morgan fingerprint density at radius 2 is 1.97 bits per heavy atom. The highest BCUT2D eigenvalue weighted by molar-refractivity contribution is 6.33. The second-order valence-corrected chi connectivity index (χ2v) is 7.33. The topological polar surface area (TPSA) is 54.5 Å². The number of nitrogens with one attached hydrogen (secondary N) is 1. The number of piperazine rings is 1. The van der Waals surface area contributed by atoms with Gasteiger partial charge in [-0.1, -0.05) is 35.9 Å². The molecular weight excluding hydrogens is 386 g/mol. The van der Waals surface area contributed by atoms with Gasteiger partial charge in [-0.15, -0.1) is 0 Å². The number of anilines is 1. The number of nitrogens with zero attached hydrogens (tertiary/aromatic N) is 2. The van der Waals surface area contributed by atoms with Gasteiger partial charge < -0.3 is 15.0 Å². The lowest BCUT2D eigenvalue weighted by molar-refractivity contribution is -0.121. The van der Waals surface area contributed by atoms with Crippen molar-refractivity contribution in [1.82, 2.24) is 10.3 Å². The predicted molar refractivity (Wildman–Crippen MR) is 115 cm³/mol. The van der Waals surface area contributed by atoms with Crippen molar-refractivity contribution >= 4 is 23.2 Å². The first-order valence-electron chi connectivity index (χ1n) is 9.52. The summed E-state index contributed by atoms with van der Waals surface area (Å²) >= 11 is 6.35. The van der Waals surface area contributed by atoms with Crippen molar-refractivity contribution in [2.24, 2.45) is 0 Å². The van der Waals surface area contributed by atoms with Gasteiger partial charge in [-0.3, -0.25) is 9.78 Å². The second kappa shape index (κ2) is 8.64. The first-order valence-corrected chi connectivity index (χ1v) is 9.90. The number of para-hydroxylation sites is 1. The number of hydrogen-bond donors (Lipinski definition) is 1. The van der Waals surface area contributed by atoms with E-state index in [4.69, 9.17) is 16.3 Å². The first-order chi connectivity index (χ1) is 14.2. The van der Waals surface area contributed by atoms with Crippen LogP contribution in [0.4, 0.5) is 5.69 Å². The number of carbonyl (C=O) groups is 1. The summed E-state index contributed by atoms with van der Waals surface area (Å²) in [6.45, 7) is 1.27. The highest BCUT2D eigenvalue weighted by Gasteiger charge is 2.32. The van der Waals surface area contributed by atoms with Gasteiger partial charge in [-0.05, 0) is 53.4 Å². The van der Waals surface area contributed by atoms with Crippen molar-refractivity contribution in [3.8, 4) is 5.75 Å². The molecule has 1 aliphatic heterocycles. The van der Waals surface area contributed by atoms with E-state index in [9.17, 15) is 4.79 Å². The van der Waals surface area contributed by atoms with E-state index < -0.39 is 6.04 Å². The number of amides is 1. The largest absolute Gasteiger partial charge is 0.497 e. The molecule has 1 saturated heterocycles. The Hall–Kier alpha value is -2.89. The van der Waals surface area contributed by atoms with Crippen LogP contribution >= 0.6 is 11.6 Å². The molecule has 0 spiro atoms. The van der Waals surface area contributed by atoms with E-state index >= 15 is 0 Å². The number of ether oxygens (including phenoxy) is 1. The minimum atomic E-state index is -0.434. The normalized spacial score (nSPS) is 16.7. The molecule has 2 aromatic carbocycles. The van der Waals surface area contributed by atoms with Crippen molar-refractivity contribution in [2.45, 2.75) is 12.5 Å². The Kier molecular flexibility index (Phi) is 5.79. The zero-order chi connectivity index (χ0) is 20.2. The Morgan fingerprint density at radius 3 is 2.72 bits per heavy atom. The molecule has 1 unspecified atom stereocenters. The summed E-state index contributed by atoms with van der Waals surface area (Å²) in [6.07, 6.45) is 4.25. The van der Waals surface area contributed by atoms with Gasteiger partial charge in [0.05, 0.1) is 17.8 Å². The third-order valence-corrected chi connectivity index (χ3v) is 5.47. The van der Waals surface area contributed by atoms with E-state index in [0.29, 0.717) is 24.5 Å². The van der Waals surface area contributed by atoms with Crippen LogP contribution in [0.3, 0.4) is 0 Å². The molecule has 1 atom stereocenters. The summed E-state index contributed by atoms with van der Waals surface area (Å²) in [4.78, 5) is 19.4. The van der Waals surface area contributed by atoms with E-state index in [1.54, 1.807) is 18.2 Å². The summed E-state index contributed by atoms with van der Waals surface area (Å²) in [7, 11) is 1.65. The molecule has 1 aromatic heterocycles. The molecule has 1 N–H and O–H groups in total. The smallest absolute Gasteiger partial charge is 0.248 e. The molecule has 0 bridgehead atoms. The maximum atomic E-state index is 13.3. The lowest BCUT2D eigenvalue weighted by Gasteiger charge is -2.34. The van der Waals surface area contributed by atoms with Crippen LogP contribution in [0.5, 0.6) is 5.75 Å². The van der Waals surface area contributed by atoms with Crippen LogP contribution in [0, 0.1) is 0 Å². The van der Waals surface area contributed by atoms with E-state index in [2.05, 4.69) is 10.3 Å². The van der Waals surface area contributed by atoms with Crippen molar-refractivity contribution in [2.75, 3.05) is 25.1 Å². The molecule has 6 heteroatoms. The van der Waals surface area contributed by atoms with Gasteiger partial charge in [0, 0.05) is 25.5 Å². The fourth-order valence-electron chi connectivity index (χ4n) is 3.66. The lowest BCUT2D eigenvalue weighted by Crippen LogP contribution is -2.50. The number of halogens is 1. The minimum absolute atomic E-state index is 0.00784. The maximum absolute atomic E-state index is 13.3. The third-order valence-electron chi connectivity index (χ3n) is 5.15. The number of carbonyl (C=O) groups excluding carboxylic acids is 1. The number of methoxy groups -OCH3 is 1. The van der Waals surface area contributed by atoms with Crippen molar-refractivity contribution in [3.63, 3.8) is 0 Å². The van der Waals surface area contributed by atoms with E-state index in [1.807, 2.05) is 60.8 Å². The van der Waals surface area contributed by atoms with Gasteiger partial charge in [0.1, 0.15) is 11.8 Å². The van der Waals surface area contributed by atoms with Gasteiger partial charge in [0.15, 0.2) is 0 Å². The molecule has 1 aliphatic rings. The summed E-state index contributed by atoms with van der Waals surface area (Å²) in [6, 6.07) is 16.9. The number of pyridine rings is 1. The van der Waals surface area contributed by atoms with Crippen LogP contribution in [-0.4, -0.2) is 31.1 Å². The van der Waals surface area contributed by atoms with Gasteiger partial charge in [-0.2, -0.15) is 0 Å². The molecule has 0 aliphatic carbocycles. The SMILES string of the molecule is COc1ccc(Cc2cnccc2C2NCCN(c3ccccc3Cl)C2=O)cc1. The summed E-state index contributed by atoms with van der Waals surface area (Å²) in [5.41, 5.74) is 3.84. The molecule has 2 heterocycles. The number of hydrogen-bond acceptors (Lipinski definition) is 4. The van der Waals surface area contributed by atoms with Crippen LogP contribution in [-0.2, 0) is 11.2 Å². The molecule has 0 saturated carbocycles. The fraction of sp³-hybridized carbons (Fsp3) is 0.217. The fourth-order valence-corrected chi connectivity index (χ4v) is 3.90. The van der Waals surface area contributed by atoms with Gasteiger partial charge in [-0.25, -0.2) is 0 Å². The van der Waals surface area contributed by atoms with Crippen LogP contribution in [0.1, 0.15) is 22.7 Å². The number of aromatic nitrogens is 1. The van der Waals surface area contributed by atoms with Gasteiger partial charge in [0.25, 0.3) is 0 Å². The van der Waals surface area contributed by atoms with Gasteiger partial charge in [0.2, 0.25) is 5.91 Å². The molecule has 1 amide bonds. The van der Waals surface area contributed by atoms with Gasteiger partial charge >= 0.3 is 0 Å². The average Bonchev–Trinajstić information content (AvgIpc) is 2.76.